The second-order valence-electron chi connectivity index (χ2n) is 6.64. The van der Waals surface area contributed by atoms with Gasteiger partial charge < -0.3 is 14.8 Å². The summed E-state index contributed by atoms with van der Waals surface area (Å²) < 4.78 is 11.1. The first-order chi connectivity index (χ1) is 15.6. The van der Waals surface area contributed by atoms with E-state index >= 15 is 0 Å². The molecule has 0 fully saturated rings. The first-order valence-electron chi connectivity index (χ1n) is 9.71. The number of rotatable bonds is 9. The van der Waals surface area contributed by atoms with Gasteiger partial charge in [0.2, 0.25) is 5.75 Å². The molecule has 0 heterocycles. The Bertz CT molecular complexity index is 1090. The molecule has 0 unspecified atom stereocenters. The maximum absolute atomic E-state index is 11.6. The lowest BCUT2D eigenvalue weighted by atomic mass is 10.1. The summed E-state index contributed by atoms with van der Waals surface area (Å²) in [6, 6.07) is 22.1. The monoisotopic (exact) mass is 450 g/mol. The molecule has 9 heteroatoms. The van der Waals surface area contributed by atoms with Gasteiger partial charge >= 0.3 is 5.69 Å². The lowest BCUT2D eigenvalue weighted by molar-refractivity contribution is -0.386. The molecule has 0 aliphatic rings. The normalized spacial score (nSPS) is 10.5. The maximum atomic E-state index is 11.6. The van der Waals surface area contributed by atoms with Crippen LogP contribution in [0.3, 0.4) is 0 Å². The average molecular weight is 451 g/mol. The van der Waals surface area contributed by atoms with Crippen molar-refractivity contribution in [3.63, 3.8) is 0 Å². The molecule has 8 nitrogen and oxygen atoms in total. The van der Waals surface area contributed by atoms with Crippen LogP contribution in [0, 0.1) is 10.1 Å². The van der Waals surface area contributed by atoms with Gasteiger partial charge in [-0.25, -0.2) is 0 Å². The standard InChI is InChI=1S/C23H22N4O4S/c1-30-21-13-19(15-25-26-23(32)24-14-17-8-4-2-5-9-17)12-20(27(28)29)22(21)31-16-18-10-6-3-7-11-18/h2-13,15H,14,16H2,1H3,(H2,24,26,32)/b25-15-. The van der Waals surface area contributed by atoms with Crippen molar-refractivity contribution >= 4 is 29.2 Å². The summed E-state index contributed by atoms with van der Waals surface area (Å²) in [4.78, 5) is 11.1. The highest BCUT2D eigenvalue weighted by atomic mass is 32.1. The van der Waals surface area contributed by atoms with Gasteiger partial charge in [-0.3, -0.25) is 15.5 Å². The Hall–Kier alpha value is -3.98. The number of hydrogen-bond donors (Lipinski definition) is 2. The second-order valence-corrected chi connectivity index (χ2v) is 7.05. The first-order valence-corrected chi connectivity index (χ1v) is 10.1. The molecule has 0 aliphatic heterocycles. The van der Waals surface area contributed by atoms with Gasteiger partial charge in [0.05, 0.1) is 18.2 Å². The molecule has 3 aromatic carbocycles. The lowest BCUT2D eigenvalue weighted by Gasteiger charge is -2.12. The SMILES string of the molecule is COc1cc(/C=N\NC(=S)NCc2ccccc2)cc([N+](=O)[O-])c1OCc1ccccc1. The molecule has 0 atom stereocenters. The van der Waals surface area contributed by atoms with Crippen molar-refractivity contribution in [2.24, 2.45) is 5.10 Å². The van der Waals surface area contributed by atoms with Crippen molar-refractivity contribution < 1.29 is 14.4 Å². The number of nitro benzene ring substituents is 1. The van der Waals surface area contributed by atoms with Gasteiger partial charge in [0.15, 0.2) is 10.9 Å². The predicted octanol–water partition coefficient (Wildman–Crippen LogP) is 4.18. The largest absolute Gasteiger partial charge is 0.493 e. The average Bonchev–Trinajstić information content (AvgIpc) is 2.82. The summed E-state index contributed by atoms with van der Waals surface area (Å²) in [5.74, 6) is 0.299. The Morgan fingerprint density at radius 3 is 2.38 bits per heavy atom. The fraction of sp³-hybridized carbons (Fsp3) is 0.130. The van der Waals surface area contributed by atoms with Gasteiger partial charge in [0, 0.05) is 18.2 Å². The highest BCUT2D eigenvalue weighted by Crippen LogP contribution is 2.38. The quantitative estimate of drug-likeness (QED) is 0.218. The van der Waals surface area contributed by atoms with E-state index in [4.69, 9.17) is 21.7 Å². The third-order valence-electron chi connectivity index (χ3n) is 4.38. The molecule has 0 aromatic heterocycles. The van der Waals surface area contributed by atoms with E-state index < -0.39 is 4.92 Å². The molecule has 0 saturated carbocycles. The third-order valence-corrected chi connectivity index (χ3v) is 4.61. The van der Waals surface area contributed by atoms with Crippen molar-refractivity contribution in [3.8, 4) is 11.5 Å². The van der Waals surface area contributed by atoms with Crippen molar-refractivity contribution in [2.45, 2.75) is 13.2 Å². The summed E-state index contributed by atoms with van der Waals surface area (Å²) in [5, 5.41) is 19.1. The number of nitrogens with one attached hydrogen (secondary N) is 2. The van der Waals surface area contributed by atoms with E-state index in [9.17, 15) is 10.1 Å². The van der Waals surface area contributed by atoms with Crippen LogP contribution in [0.5, 0.6) is 11.5 Å². The predicted molar refractivity (Wildman–Crippen MR) is 127 cm³/mol. The van der Waals surface area contributed by atoms with Gasteiger partial charge in [0.1, 0.15) is 6.61 Å². The van der Waals surface area contributed by atoms with E-state index in [-0.39, 0.29) is 23.8 Å². The van der Waals surface area contributed by atoms with Crippen molar-refractivity contribution in [2.75, 3.05) is 7.11 Å². The van der Waals surface area contributed by atoms with Gasteiger partial charge in [-0.05, 0) is 29.4 Å². The van der Waals surface area contributed by atoms with Crippen LogP contribution in [0.15, 0.2) is 77.9 Å². The zero-order valence-electron chi connectivity index (χ0n) is 17.4. The van der Waals surface area contributed by atoms with Crippen LogP contribution in [-0.2, 0) is 13.2 Å². The fourth-order valence-corrected chi connectivity index (χ4v) is 2.95. The fourth-order valence-electron chi connectivity index (χ4n) is 2.83. The number of thiocarbonyl (C=S) groups is 1. The van der Waals surface area contributed by atoms with Crippen LogP contribution in [0.2, 0.25) is 0 Å². The summed E-state index contributed by atoms with van der Waals surface area (Å²) in [6.07, 6.45) is 1.42. The minimum absolute atomic E-state index is 0.0616. The zero-order chi connectivity index (χ0) is 22.8. The van der Waals surface area contributed by atoms with E-state index in [1.807, 2.05) is 60.7 Å². The van der Waals surface area contributed by atoms with E-state index in [0.717, 1.165) is 11.1 Å². The Kier molecular flexibility index (Phi) is 8.10. The Balaban J connectivity index is 1.67. The molecule has 2 N–H and O–H groups in total. The summed E-state index contributed by atoms with van der Waals surface area (Å²) in [5.41, 5.74) is 4.90. The Morgan fingerprint density at radius 2 is 1.75 bits per heavy atom. The zero-order valence-corrected chi connectivity index (χ0v) is 18.2. The van der Waals surface area contributed by atoms with Gasteiger partial charge in [0.25, 0.3) is 0 Å². The number of nitro groups is 1. The minimum Gasteiger partial charge on any atom is -0.493 e. The molecule has 32 heavy (non-hydrogen) atoms. The van der Waals surface area contributed by atoms with Crippen LogP contribution in [0.25, 0.3) is 0 Å². The summed E-state index contributed by atoms with van der Waals surface area (Å²) >= 11 is 5.20. The maximum Gasteiger partial charge on any atom is 0.315 e. The number of hydrogen-bond acceptors (Lipinski definition) is 6. The van der Waals surface area contributed by atoms with Crippen LogP contribution in [-0.4, -0.2) is 23.4 Å². The molecule has 164 valence electrons. The smallest absolute Gasteiger partial charge is 0.315 e. The molecule has 0 saturated heterocycles. The van der Waals surface area contributed by atoms with E-state index in [0.29, 0.717) is 17.2 Å². The van der Waals surface area contributed by atoms with E-state index in [2.05, 4.69) is 15.8 Å². The molecule has 0 spiro atoms. The van der Waals surface area contributed by atoms with Crippen LogP contribution < -0.4 is 20.2 Å². The number of benzene rings is 3. The minimum atomic E-state index is -0.514. The van der Waals surface area contributed by atoms with Gasteiger partial charge in [-0.1, -0.05) is 60.7 Å². The van der Waals surface area contributed by atoms with Crippen LogP contribution in [0.4, 0.5) is 5.69 Å². The molecule has 0 radical (unpaired) electrons. The van der Waals surface area contributed by atoms with Crippen molar-refractivity contribution in [3.05, 3.63) is 99.6 Å². The second kappa shape index (κ2) is 11.4. The Labute approximate surface area is 191 Å². The molecule has 0 aliphatic carbocycles. The third kappa shape index (κ3) is 6.51. The number of hydrazone groups is 1. The molecule has 0 amide bonds. The van der Waals surface area contributed by atoms with Crippen LogP contribution in [0.1, 0.15) is 16.7 Å². The van der Waals surface area contributed by atoms with Crippen molar-refractivity contribution in [1.82, 2.24) is 10.7 Å². The summed E-state index contributed by atoms with van der Waals surface area (Å²) in [6.45, 7) is 0.726. The van der Waals surface area contributed by atoms with Gasteiger partial charge in [-0.2, -0.15) is 5.10 Å². The highest BCUT2D eigenvalue weighted by Gasteiger charge is 2.22. The van der Waals surface area contributed by atoms with E-state index in [1.165, 1.54) is 19.4 Å². The van der Waals surface area contributed by atoms with Crippen molar-refractivity contribution in [1.29, 1.82) is 0 Å². The van der Waals surface area contributed by atoms with Crippen LogP contribution >= 0.6 is 12.2 Å². The molecular formula is C23H22N4O4S. The lowest BCUT2D eigenvalue weighted by Crippen LogP contribution is -2.31. The topological polar surface area (TPSA) is 98.0 Å². The van der Waals surface area contributed by atoms with E-state index in [1.54, 1.807) is 6.07 Å². The van der Waals surface area contributed by atoms with Gasteiger partial charge in [-0.15, -0.1) is 0 Å². The molecule has 3 aromatic rings. The number of methoxy groups -OCH3 is 1. The molecular weight excluding hydrogens is 428 g/mol. The summed E-state index contributed by atoms with van der Waals surface area (Å²) in [7, 11) is 1.43. The molecule has 3 rings (SSSR count). The highest BCUT2D eigenvalue weighted by molar-refractivity contribution is 7.80. The molecule has 0 bridgehead atoms. The Morgan fingerprint density at radius 1 is 1.09 bits per heavy atom. The number of nitrogens with zero attached hydrogens (tertiary/aromatic N) is 2. The first kappa shape index (κ1) is 22.7. The number of ether oxygens (including phenoxy) is 2.